The minimum atomic E-state index is -3.04. The maximum atomic E-state index is 12.0. The predicted octanol–water partition coefficient (Wildman–Crippen LogP) is 0.531. The highest BCUT2D eigenvalue weighted by Gasteiger charge is 2.33. The van der Waals surface area contributed by atoms with Gasteiger partial charge in [0.05, 0.1) is 11.5 Å². The fourth-order valence-corrected chi connectivity index (χ4v) is 3.87. The van der Waals surface area contributed by atoms with Crippen LogP contribution in [0, 0.1) is 0 Å². The summed E-state index contributed by atoms with van der Waals surface area (Å²) >= 11 is 0. The molecule has 1 aliphatic heterocycles. The van der Waals surface area contributed by atoms with Crippen LogP contribution < -0.4 is 0 Å². The van der Waals surface area contributed by atoms with Crippen LogP contribution in [-0.2, 0) is 24.2 Å². The lowest BCUT2D eigenvalue weighted by Gasteiger charge is -2.26. The number of carbonyl (C=O) groups is 2. The van der Waals surface area contributed by atoms with Crippen LogP contribution in [0.2, 0.25) is 0 Å². The van der Waals surface area contributed by atoms with Gasteiger partial charge in [-0.1, -0.05) is 13.0 Å². The third-order valence-electron chi connectivity index (χ3n) is 3.14. The largest absolute Gasteiger partial charge is 0.452 e. The van der Waals surface area contributed by atoms with Gasteiger partial charge in [-0.2, -0.15) is 0 Å². The molecule has 0 aromatic carbocycles. The minimum absolute atomic E-state index is 0.00371. The van der Waals surface area contributed by atoms with Crippen LogP contribution in [0.25, 0.3) is 0 Å². The third kappa shape index (κ3) is 4.96. The Hall–Kier alpha value is -1.37. The molecule has 1 amide bonds. The van der Waals surface area contributed by atoms with E-state index in [1.54, 1.807) is 13.0 Å². The van der Waals surface area contributed by atoms with Crippen LogP contribution >= 0.6 is 0 Å². The molecular formula is C13H21NO5S. The first kappa shape index (κ1) is 16.7. The second-order valence-electron chi connectivity index (χ2n) is 4.65. The van der Waals surface area contributed by atoms with Gasteiger partial charge in [-0.15, -0.1) is 0 Å². The summed E-state index contributed by atoms with van der Waals surface area (Å²) in [6.45, 7) is 3.72. The average molecular weight is 303 g/mol. The molecule has 1 unspecified atom stereocenters. The molecule has 0 spiro atoms. The number of hydrogen-bond donors (Lipinski definition) is 0. The summed E-state index contributed by atoms with van der Waals surface area (Å²) in [4.78, 5) is 24.7. The summed E-state index contributed by atoms with van der Waals surface area (Å²) in [5.41, 5.74) is 0. The van der Waals surface area contributed by atoms with Crippen LogP contribution in [0.1, 0.15) is 26.7 Å². The molecule has 0 saturated carbocycles. The van der Waals surface area contributed by atoms with E-state index in [2.05, 4.69) is 0 Å². The number of likely N-dealkylation sites (N-methyl/N-ethyl adjacent to an activating group) is 1. The van der Waals surface area contributed by atoms with E-state index >= 15 is 0 Å². The molecular weight excluding hydrogens is 282 g/mol. The molecule has 7 heteroatoms. The van der Waals surface area contributed by atoms with Crippen molar-refractivity contribution in [3.05, 3.63) is 12.2 Å². The van der Waals surface area contributed by atoms with Crippen molar-refractivity contribution in [2.24, 2.45) is 0 Å². The third-order valence-corrected chi connectivity index (χ3v) is 4.89. The van der Waals surface area contributed by atoms with Gasteiger partial charge in [0, 0.05) is 18.7 Å². The lowest BCUT2D eigenvalue weighted by atomic mass is 10.2. The van der Waals surface area contributed by atoms with Crippen molar-refractivity contribution in [3.63, 3.8) is 0 Å². The number of rotatable bonds is 6. The molecule has 0 aliphatic carbocycles. The molecule has 1 aliphatic rings. The van der Waals surface area contributed by atoms with E-state index in [1.165, 1.54) is 11.0 Å². The van der Waals surface area contributed by atoms with Crippen molar-refractivity contribution in [1.29, 1.82) is 0 Å². The minimum Gasteiger partial charge on any atom is -0.452 e. The predicted molar refractivity (Wildman–Crippen MR) is 74.8 cm³/mol. The molecule has 1 heterocycles. The number of hydrogen-bond acceptors (Lipinski definition) is 5. The Morgan fingerprint density at radius 1 is 1.35 bits per heavy atom. The van der Waals surface area contributed by atoms with Gasteiger partial charge in [0.1, 0.15) is 0 Å². The normalized spacial score (nSPS) is 21.0. The van der Waals surface area contributed by atoms with Crippen LogP contribution in [-0.4, -0.2) is 55.9 Å². The number of carbonyl (C=O) groups excluding carboxylic acids is 2. The number of esters is 1. The van der Waals surface area contributed by atoms with E-state index in [-0.39, 0.29) is 30.1 Å². The summed E-state index contributed by atoms with van der Waals surface area (Å²) in [6, 6.07) is -0.303. The molecule has 0 aromatic heterocycles. The van der Waals surface area contributed by atoms with E-state index in [9.17, 15) is 18.0 Å². The van der Waals surface area contributed by atoms with Crippen LogP contribution in [0.15, 0.2) is 12.2 Å². The molecule has 0 radical (unpaired) electrons. The van der Waals surface area contributed by atoms with E-state index < -0.39 is 15.8 Å². The van der Waals surface area contributed by atoms with Gasteiger partial charge in [-0.3, -0.25) is 4.79 Å². The van der Waals surface area contributed by atoms with E-state index in [0.29, 0.717) is 19.4 Å². The topological polar surface area (TPSA) is 80.8 Å². The maximum Gasteiger partial charge on any atom is 0.330 e. The van der Waals surface area contributed by atoms with Crippen molar-refractivity contribution in [3.8, 4) is 0 Å². The second-order valence-corrected chi connectivity index (χ2v) is 6.88. The quantitative estimate of drug-likeness (QED) is 0.528. The highest BCUT2D eigenvalue weighted by molar-refractivity contribution is 7.91. The standard InChI is InChI=1S/C13H21NO5S/c1-3-5-6-13(16)19-9-12(15)14(4-2)11-7-8-20(17,18)10-11/h5-6,11H,3-4,7-10H2,1-2H3/b6-5+. The Morgan fingerprint density at radius 2 is 2.05 bits per heavy atom. The molecule has 1 saturated heterocycles. The molecule has 0 N–H and O–H groups in total. The second kappa shape index (κ2) is 7.42. The lowest BCUT2D eigenvalue weighted by Crippen LogP contribution is -2.43. The zero-order chi connectivity index (χ0) is 15.2. The Balaban J connectivity index is 2.52. The molecule has 1 atom stereocenters. The van der Waals surface area contributed by atoms with Crippen LogP contribution in [0.5, 0.6) is 0 Å². The van der Waals surface area contributed by atoms with E-state index in [1.807, 2.05) is 6.92 Å². The SMILES string of the molecule is CC/C=C/C(=O)OCC(=O)N(CC)C1CCS(=O)(=O)C1. The van der Waals surface area contributed by atoms with Crippen LogP contribution in [0.4, 0.5) is 0 Å². The van der Waals surface area contributed by atoms with Gasteiger partial charge in [-0.05, 0) is 19.8 Å². The summed E-state index contributed by atoms with van der Waals surface area (Å²) in [6.07, 6.45) is 4.09. The highest BCUT2D eigenvalue weighted by atomic mass is 32.2. The first-order valence-corrected chi connectivity index (χ1v) is 8.55. The van der Waals surface area contributed by atoms with Crippen molar-refractivity contribution in [1.82, 2.24) is 4.90 Å². The maximum absolute atomic E-state index is 12.0. The molecule has 0 bridgehead atoms. The van der Waals surface area contributed by atoms with Crippen molar-refractivity contribution < 1.29 is 22.7 Å². The van der Waals surface area contributed by atoms with Gasteiger partial charge in [-0.25, -0.2) is 13.2 Å². The molecule has 1 fully saturated rings. The molecule has 1 rings (SSSR count). The van der Waals surface area contributed by atoms with Crippen LogP contribution in [0.3, 0.4) is 0 Å². The monoisotopic (exact) mass is 303 g/mol. The van der Waals surface area contributed by atoms with E-state index in [0.717, 1.165) is 0 Å². The number of allylic oxidation sites excluding steroid dienone is 1. The zero-order valence-corrected chi connectivity index (χ0v) is 12.7. The number of amides is 1. The molecule has 20 heavy (non-hydrogen) atoms. The molecule has 0 aromatic rings. The number of sulfone groups is 1. The summed E-state index contributed by atoms with van der Waals surface area (Å²) in [5, 5.41) is 0. The van der Waals surface area contributed by atoms with Crippen molar-refractivity contribution >= 4 is 21.7 Å². The smallest absolute Gasteiger partial charge is 0.330 e. The Kier molecular flexibility index (Phi) is 6.19. The summed E-state index contributed by atoms with van der Waals surface area (Å²) < 4.78 is 27.7. The Labute approximate surface area is 119 Å². The van der Waals surface area contributed by atoms with Gasteiger partial charge >= 0.3 is 5.97 Å². The van der Waals surface area contributed by atoms with Gasteiger partial charge < -0.3 is 9.64 Å². The fraction of sp³-hybridized carbons (Fsp3) is 0.692. The van der Waals surface area contributed by atoms with E-state index in [4.69, 9.17) is 4.74 Å². The number of nitrogens with zero attached hydrogens (tertiary/aromatic N) is 1. The van der Waals surface area contributed by atoms with Gasteiger partial charge in [0.15, 0.2) is 16.4 Å². The first-order valence-electron chi connectivity index (χ1n) is 6.72. The molecule has 114 valence electrons. The first-order chi connectivity index (χ1) is 9.39. The highest BCUT2D eigenvalue weighted by Crippen LogP contribution is 2.17. The number of ether oxygens (including phenoxy) is 1. The Bertz CT molecular complexity index is 483. The lowest BCUT2D eigenvalue weighted by molar-refractivity contribution is -0.149. The van der Waals surface area contributed by atoms with Gasteiger partial charge in [0.2, 0.25) is 0 Å². The van der Waals surface area contributed by atoms with Crippen molar-refractivity contribution in [2.45, 2.75) is 32.7 Å². The fourth-order valence-electron chi connectivity index (χ4n) is 2.14. The summed E-state index contributed by atoms with van der Waals surface area (Å²) in [5.74, 6) is -0.806. The Morgan fingerprint density at radius 3 is 2.55 bits per heavy atom. The zero-order valence-electron chi connectivity index (χ0n) is 11.9. The average Bonchev–Trinajstić information content (AvgIpc) is 2.75. The molecule has 6 nitrogen and oxygen atoms in total. The summed E-state index contributed by atoms with van der Waals surface area (Å²) in [7, 11) is -3.04. The van der Waals surface area contributed by atoms with Gasteiger partial charge in [0.25, 0.3) is 5.91 Å². The van der Waals surface area contributed by atoms with Crippen molar-refractivity contribution in [2.75, 3.05) is 24.7 Å².